The summed E-state index contributed by atoms with van der Waals surface area (Å²) in [6.45, 7) is 0.258. The van der Waals surface area contributed by atoms with Crippen molar-refractivity contribution in [1.29, 1.82) is 0 Å². The molecule has 0 unspecified atom stereocenters. The van der Waals surface area contributed by atoms with Gasteiger partial charge in [0.25, 0.3) is 5.91 Å². The molecule has 0 aliphatic heterocycles. The van der Waals surface area contributed by atoms with E-state index in [1.807, 2.05) is 5.38 Å². The number of amides is 1. The summed E-state index contributed by atoms with van der Waals surface area (Å²) in [6, 6.07) is 11.6. The van der Waals surface area contributed by atoms with Crippen LogP contribution in [-0.4, -0.2) is 24.0 Å². The quantitative estimate of drug-likeness (QED) is 0.548. The smallest absolute Gasteiger partial charge is 0.416 e. The van der Waals surface area contributed by atoms with Crippen LogP contribution in [0.4, 0.5) is 13.2 Å². The van der Waals surface area contributed by atoms with Crippen molar-refractivity contribution in [2.75, 3.05) is 13.2 Å². The summed E-state index contributed by atoms with van der Waals surface area (Å²) in [5.74, 6) is 0.281. The van der Waals surface area contributed by atoms with Crippen molar-refractivity contribution >= 4 is 28.8 Å². The summed E-state index contributed by atoms with van der Waals surface area (Å²) in [5.41, 5.74) is 0.681. The van der Waals surface area contributed by atoms with Crippen molar-refractivity contribution in [3.05, 3.63) is 70.2 Å². The minimum absolute atomic E-state index is 0.116. The molecule has 1 N–H and O–H groups in total. The Morgan fingerprint density at radius 3 is 2.45 bits per heavy atom. The number of alkyl halides is 3. The van der Waals surface area contributed by atoms with E-state index in [0.29, 0.717) is 34.3 Å². The molecule has 0 atom stereocenters. The second kappa shape index (κ2) is 9.28. The van der Waals surface area contributed by atoms with Crippen LogP contribution < -0.4 is 10.1 Å². The molecule has 0 aliphatic carbocycles. The normalized spacial score (nSPS) is 11.3. The third kappa shape index (κ3) is 6.20. The summed E-state index contributed by atoms with van der Waals surface area (Å²) >= 11 is 7.12. The number of aromatic nitrogens is 1. The molecule has 3 rings (SSSR count). The summed E-state index contributed by atoms with van der Waals surface area (Å²) in [6.07, 6.45) is -3.86. The number of hydrogen-bond acceptors (Lipinski definition) is 4. The van der Waals surface area contributed by atoms with Crippen LogP contribution in [0.2, 0.25) is 5.02 Å². The Kier molecular flexibility index (Phi) is 6.76. The lowest BCUT2D eigenvalue weighted by atomic mass is 10.1. The molecule has 9 heteroatoms. The monoisotopic (exact) mass is 440 g/mol. The second-order valence-electron chi connectivity index (χ2n) is 6.06. The van der Waals surface area contributed by atoms with Crippen LogP contribution in [-0.2, 0) is 17.4 Å². The maximum absolute atomic E-state index is 12.6. The Hall–Kier alpha value is -2.58. The SMILES string of the molecule is O=C(COc1ccc(Cl)cc1)NCCc1csc(-c2ccc(C(F)(F)F)cc2)n1. The van der Waals surface area contributed by atoms with Crippen molar-refractivity contribution in [3.63, 3.8) is 0 Å². The summed E-state index contributed by atoms with van der Waals surface area (Å²) in [7, 11) is 0. The van der Waals surface area contributed by atoms with Crippen molar-refractivity contribution in [3.8, 4) is 16.3 Å². The van der Waals surface area contributed by atoms with E-state index in [-0.39, 0.29) is 12.5 Å². The molecule has 29 heavy (non-hydrogen) atoms. The fourth-order valence-corrected chi connectivity index (χ4v) is 3.40. The van der Waals surface area contributed by atoms with Crippen LogP contribution >= 0.6 is 22.9 Å². The highest BCUT2D eigenvalue weighted by molar-refractivity contribution is 7.13. The minimum Gasteiger partial charge on any atom is -0.484 e. The summed E-state index contributed by atoms with van der Waals surface area (Å²) in [5, 5.41) is 5.77. The average Bonchev–Trinajstić information content (AvgIpc) is 3.16. The van der Waals surface area contributed by atoms with Gasteiger partial charge < -0.3 is 10.1 Å². The highest BCUT2D eigenvalue weighted by atomic mass is 35.5. The van der Waals surface area contributed by atoms with E-state index in [0.717, 1.165) is 17.8 Å². The molecule has 0 fully saturated rings. The maximum Gasteiger partial charge on any atom is 0.416 e. The molecule has 1 heterocycles. The predicted molar refractivity (Wildman–Crippen MR) is 106 cm³/mol. The van der Waals surface area contributed by atoms with E-state index in [2.05, 4.69) is 10.3 Å². The zero-order valence-corrected chi connectivity index (χ0v) is 16.6. The third-order valence-corrected chi connectivity index (χ3v) is 5.09. The van der Waals surface area contributed by atoms with Crippen molar-refractivity contribution in [1.82, 2.24) is 10.3 Å². The van der Waals surface area contributed by atoms with E-state index in [4.69, 9.17) is 16.3 Å². The number of carbonyl (C=O) groups excluding carboxylic acids is 1. The molecule has 1 aromatic heterocycles. The predicted octanol–water partition coefficient (Wildman–Crippen LogP) is 5.22. The number of carbonyl (C=O) groups is 1. The average molecular weight is 441 g/mol. The number of halogens is 4. The van der Waals surface area contributed by atoms with E-state index < -0.39 is 11.7 Å². The molecular formula is C20H16ClF3N2O2S. The van der Waals surface area contributed by atoms with Gasteiger partial charge in [-0.3, -0.25) is 4.79 Å². The highest BCUT2D eigenvalue weighted by Gasteiger charge is 2.30. The molecule has 0 aliphatic rings. The van der Waals surface area contributed by atoms with Crippen LogP contribution in [0.15, 0.2) is 53.9 Å². The first kappa shape index (κ1) is 21.1. The van der Waals surface area contributed by atoms with Gasteiger partial charge in [0, 0.05) is 28.9 Å². The second-order valence-corrected chi connectivity index (χ2v) is 7.36. The zero-order valence-electron chi connectivity index (χ0n) is 15.0. The number of nitrogens with zero attached hydrogens (tertiary/aromatic N) is 1. The van der Waals surface area contributed by atoms with Crippen molar-refractivity contribution < 1.29 is 22.7 Å². The largest absolute Gasteiger partial charge is 0.484 e. The van der Waals surface area contributed by atoms with Crippen LogP contribution in [0.3, 0.4) is 0 Å². The Morgan fingerprint density at radius 1 is 1.10 bits per heavy atom. The molecule has 1 amide bonds. The highest BCUT2D eigenvalue weighted by Crippen LogP contribution is 2.31. The van der Waals surface area contributed by atoms with Gasteiger partial charge in [-0.25, -0.2) is 4.98 Å². The minimum atomic E-state index is -4.36. The van der Waals surface area contributed by atoms with Gasteiger partial charge in [-0.1, -0.05) is 23.7 Å². The number of ether oxygens (including phenoxy) is 1. The van der Waals surface area contributed by atoms with E-state index >= 15 is 0 Å². The maximum atomic E-state index is 12.6. The van der Waals surface area contributed by atoms with Gasteiger partial charge in [0.1, 0.15) is 10.8 Å². The Balaban J connectivity index is 1.45. The first-order valence-corrected chi connectivity index (χ1v) is 9.84. The number of hydrogen-bond donors (Lipinski definition) is 1. The molecule has 2 aromatic carbocycles. The molecule has 152 valence electrons. The lowest BCUT2D eigenvalue weighted by Gasteiger charge is -2.07. The lowest BCUT2D eigenvalue weighted by Crippen LogP contribution is -2.30. The number of thiazole rings is 1. The molecule has 0 bridgehead atoms. The van der Waals surface area contributed by atoms with Crippen molar-refractivity contribution in [2.45, 2.75) is 12.6 Å². The van der Waals surface area contributed by atoms with Crippen LogP contribution in [0.5, 0.6) is 5.75 Å². The molecule has 0 radical (unpaired) electrons. The topological polar surface area (TPSA) is 51.2 Å². The Morgan fingerprint density at radius 2 is 1.79 bits per heavy atom. The molecule has 0 saturated heterocycles. The first-order chi connectivity index (χ1) is 13.8. The fourth-order valence-electron chi connectivity index (χ4n) is 2.42. The van der Waals surface area contributed by atoms with Crippen LogP contribution in [0.1, 0.15) is 11.3 Å². The van der Waals surface area contributed by atoms with Crippen molar-refractivity contribution in [2.24, 2.45) is 0 Å². The van der Waals surface area contributed by atoms with Gasteiger partial charge in [-0.2, -0.15) is 13.2 Å². The lowest BCUT2D eigenvalue weighted by molar-refractivity contribution is -0.137. The van der Waals surface area contributed by atoms with Gasteiger partial charge >= 0.3 is 6.18 Å². The molecule has 4 nitrogen and oxygen atoms in total. The number of rotatable bonds is 7. The standard InChI is InChI=1S/C20H16ClF3N2O2S/c21-15-5-7-17(8-6-15)28-11-18(27)25-10-9-16-12-29-19(26-16)13-1-3-14(4-2-13)20(22,23)24/h1-8,12H,9-11H2,(H,25,27). The summed E-state index contributed by atoms with van der Waals surface area (Å²) < 4.78 is 43.3. The van der Waals surface area contributed by atoms with E-state index in [1.54, 1.807) is 24.3 Å². The molecule has 0 spiro atoms. The van der Waals surface area contributed by atoms with Crippen LogP contribution in [0, 0.1) is 0 Å². The number of benzene rings is 2. The van der Waals surface area contributed by atoms with Gasteiger partial charge in [0.2, 0.25) is 0 Å². The van der Waals surface area contributed by atoms with E-state index in [9.17, 15) is 18.0 Å². The summed E-state index contributed by atoms with van der Waals surface area (Å²) in [4.78, 5) is 16.3. The number of nitrogens with one attached hydrogen (secondary N) is 1. The third-order valence-electron chi connectivity index (χ3n) is 3.90. The Labute approximate surface area is 174 Å². The zero-order chi connectivity index (χ0) is 20.9. The van der Waals surface area contributed by atoms with Gasteiger partial charge in [-0.05, 0) is 36.4 Å². The van der Waals surface area contributed by atoms with E-state index in [1.165, 1.54) is 23.5 Å². The molecule has 0 saturated carbocycles. The van der Waals surface area contributed by atoms with Gasteiger partial charge in [-0.15, -0.1) is 11.3 Å². The Bertz CT molecular complexity index is 957. The van der Waals surface area contributed by atoms with Gasteiger partial charge in [0.15, 0.2) is 6.61 Å². The first-order valence-electron chi connectivity index (χ1n) is 8.58. The molecular weight excluding hydrogens is 425 g/mol. The van der Waals surface area contributed by atoms with Crippen LogP contribution in [0.25, 0.3) is 10.6 Å². The molecule has 3 aromatic rings. The fraction of sp³-hybridized carbons (Fsp3) is 0.200. The van der Waals surface area contributed by atoms with Gasteiger partial charge in [0.05, 0.1) is 11.3 Å².